The van der Waals surface area contributed by atoms with Crippen LogP contribution in [0.2, 0.25) is 0 Å². The zero-order valence-electron chi connectivity index (χ0n) is 22.0. The van der Waals surface area contributed by atoms with E-state index in [1.807, 2.05) is 77.4 Å². The van der Waals surface area contributed by atoms with Crippen LogP contribution >= 0.6 is 0 Å². The fourth-order valence-electron chi connectivity index (χ4n) is 5.93. The van der Waals surface area contributed by atoms with Gasteiger partial charge in [0.2, 0.25) is 0 Å². The van der Waals surface area contributed by atoms with E-state index in [2.05, 4.69) is 9.88 Å². The van der Waals surface area contributed by atoms with Crippen molar-refractivity contribution >= 4 is 11.0 Å². The normalized spacial score (nSPS) is 22.9. The van der Waals surface area contributed by atoms with Crippen LogP contribution in [-0.2, 0) is 22.6 Å². The number of para-hydroxylation sites is 2. The van der Waals surface area contributed by atoms with Crippen molar-refractivity contribution in [3.05, 3.63) is 106 Å². The molecule has 0 spiro atoms. The van der Waals surface area contributed by atoms with Crippen molar-refractivity contribution in [3.8, 4) is 0 Å². The SMILES string of the molecule is NCc1ccc([C@@H]2O[C@H](CN3CCC(n4c(=O)[nH]c5ccccc54)CC3)C[C@H](c3ccc(CO)cc3)O2)cc1. The molecule has 0 radical (unpaired) electrons. The number of aliphatic hydroxyl groups is 1. The molecule has 39 heavy (non-hydrogen) atoms. The molecule has 0 aliphatic carbocycles. The van der Waals surface area contributed by atoms with Gasteiger partial charge in [-0.3, -0.25) is 4.57 Å². The minimum Gasteiger partial charge on any atom is -0.392 e. The first-order valence-electron chi connectivity index (χ1n) is 13.8. The average molecular weight is 529 g/mol. The summed E-state index contributed by atoms with van der Waals surface area (Å²) in [5.41, 5.74) is 11.7. The maximum atomic E-state index is 12.7. The van der Waals surface area contributed by atoms with Crippen molar-refractivity contribution in [1.29, 1.82) is 0 Å². The number of nitrogens with one attached hydrogen (secondary N) is 1. The first kappa shape index (κ1) is 26.0. The van der Waals surface area contributed by atoms with Crippen molar-refractivity contribution in [2.75, 3.05) is 19.6 Å². The number of H-pyrrole nitrogens is 1. The Morgan fingerprint density at radius 1 is 0.897 bits per heavy atom. The van der Waals surface area contributed by atoms with E-state index in [4.69, 9.17) is 15.2 Å². The van der Waals surface area contributed by atoms with Gasteiger partial charge in [0, 0.05) is 44.2 Å². The van der Waals surface area contributed by atoms with Crippen molar-refractivity contribution < 1.29 is 14.6 Å². The standard InChI is InChI=1S/C31H36N4O4/c32-18-21-5-11-24(12-6-21)30-38-26(17-29(39-30)23-9-7-22(20-36)8-10-23)19-34-15-13-25(14-16-34)35-28-4-2-1-3-27(28)33-31(35)37/h1-12,25-26,29-30,36H,13-20,32H2,(H,33,37)/t26-,29+,30+/m0/s1. The number of aromatic nitrogens is 2. The van der Waals surface area contributed by atoms with E-state index >= 15 is 0 Å². The number of hydrogen-bond acceptors (Lipinski definition) is 6. The largest absolute Gasteiger partial charge is 0.392 e. The third-order valence-electron chi connectivity index (χ3n) is 8.11. The summed E-state index contributed by atoms with van der Waals surface area (Å²) >= 11 is 0. The fraction of sp³-hybridized carbons (Fsp3) is 0.387. The van der Waals surface area contributed by atoms with Gasteiger partial charge in [-0.25, -0.2) is 4.79 Å². The molecule has 8 heteroatoms. The van der Waals surface area contributed by atoms with Crippen LogP contribution in [0.25, 0.3) is 11.0 Å². The molecule has 2 fully saturated rings. The third kappa shape index (κ3) is 5.57. The molecule has 6 rings (SSSR count). The molecule has 3 heterocycles. The number of imidazole rings is 1. The summed E-state index contributed by atoms with van der Waals surface area (Å²) in [4.78, 5) is 18.1. The van der Waals surface area contributed by atoms with Gasteiger partial charge in [-0.15, -0.1) is 0 Å². The number of rotatable bonds is 7. The summed E-state index contributed by atoms with van der Waals surface area (Å²) in [6.45, 7) is 3.14. The maximum Gasteiger partial charge on any atom is 0.326 e. The van der Waals surface area contributed by atoms with E-state index in [9.17, 15) is 9.90 Å². The minimum atomic E-state index is -0.472. The second kappa shape index (κ2) is 11.5. The second-order valence-corrected chi connectivity index (χ2v) is 10.6. The van der Waals surface area contributed by atoms with Crippen LogP contribution < -0.4 is 11.4 Å². The molecule has 0 saturated carbocycles. The van der Waals surface area contributed by atoms with Crippen LogP contribution in [0.4, 0.5) is 0 Å². The predicted molar refractivity (Wildman–Crippen MR) is 150 cm³/mol. The lowest BCUT2D eigenvalue weighted by Gasteiger charge is -2.40. The highest BCUT2D eigenvalue weighted by Gasteiger charge is 2.34. The third-order valence-corrected chi connectivity index (χ3v) is 8.11. The molecule has 3 atom stereocenters. The fourth-order valence-corrected chi connectivity index (χ4v) is 5.93. The monoisotopic (exact) mass is 528 g/mol. The number of fused-ring (bicyclic) bond motifs is 1. The first-order chi connectivity index (χ1) is 19.1. The summed E-state index contributed by atoms with van der Waals surface area (Å²) in [5, 5.41) is 9.46. The van der Waals surface area contributed by atoms with Gasteiger partial charge in [0.05, 0.1) is 29.8 Å². The number of benzene rings is 3. The molecule has 0 bridgehead atoms. The Morgan fingerprint density at radius 3 is 2.31 bits per heavy atom. The number of aromatic amines is 1. The number of ether oxygens (including phenoxy) is 2. The zero-order valence-corrected chi connectivity index (χ0v) is 22.0. The summed E-state index contributed by atoms with van der Waals surface area (Å²) in [6.07, 6.45) is 1.99. The molecule has 2 aliphatic heterocycles. The van der Waals surface area contributed by atoms with Gasteiger partial charge in [0.25, 0.3) is 0 Å². The number of hydrogen-bond donors (Lipinski definition) is 3. The molecule has 8 nitrogen and oxygen atoms in total. The van der Waals surface area contributed by atoms with E-state index in [-0.39, 0.29) is 30.5 Å². The van der Waals surface area contributed by atoms with Gasteiger partial charge in [-0.2, -0.15) is 0 Å². The molecule has 4 N–H and O–H groups in total. The Kier molecular flexibility index (Phi) is 7.63. The summed E-state index contributed by atoms with van der Waals surface area (Å²) < 4.78 is 14.9. The molecule has 4 aromatic rings. The van der Waals surface area contributed by atoms with Gasteiger partial charge >= 0.3 is 5.69 Å². The van der Waals surface area contributed by atoms with E-state index in [0.29, 0.717) is 6.54 Å². The lowest BCUT2D eigenvalue weighted by atomic mass is 9.98. The van der Waals surface area contributed by atoms with Crippen LogP contribution in [0.3, 0.4) is 0 Å². The van der Waals surface area contributed by atoms with Gasteiger partial charge < -0.3 is 30.2 Å². The summed E-state index contributed by atoms with van der Waals surface area (Å²) in [7, 11) is 0. The molecular formula is C31H36N4O4. The molecular weight excluding hydrogens is 492 g/mol. The smallest absolute Gasteiger partial charge is 0.326 e. The second-order valence-electron chi connectivity index (χ2n) is 10.6. The highest BCUT2D eigenvalue weighted by atomic mass is 16.7. The van der Waals surface area contributed by atoms with E-state index in [1.54, 1.807) is 0 Å². The quantitative estimate of drug-likeness (QED) is 0.333. The molecule has 2 saturated heterocycles. The van der Waals surface area contributed by atoms with E-state index < -0.39 is 6.29 Å². The topological polar surface area (TPSA) is 106 Å². The number of nitrogens with zero attached hydrogens (tertiary/aromatic N) is 2. The molecule has 0 unspecified atom stereocenters. The Labute approximate surface area is 228 Å². The molecule has 204 valence electrons. The number of piperidine rings is 1. The Balaban J connectivity index is 1.16. The molecule has 2 aliphatic rings. The Bertz CT molecular complexity index is 1380. The molecule has 3 aromatic carbocycles. The Hall–Kier alpha value is -3.27. The van der Waals surface area contributed by atoms with Gasteiger partial charge in [-0.05, 0) is 41.7 Å². The van der Waals surface area contributed by atoms with E-state index in [0.717, 1.165) is 72.2 Å². The van der Waals surface area contributed by atoms with Crippen LogP contribution in [0.15, 0.2) is 77.6 Å². The van der Waals surface area contributed by atoms with Crippen molar-refractivity contribution in [3.63, 3.8) is 0 Å². The lowest BCUT2D eigenvalue weighted by Crippen LogP contribution is -2.43. The maximum absolute atomic E-state index is 12.7. The predicted octanol–water partition coefficient (Wildman–Crippen LogP) is 4.16. The minimum absolute atomic E-state index is 0.00665. The van der Waals surface area contributed by atoms with Gasteiger partial charge in [0.1, 0.15) is 0 Å². The first-order valence-corrected chi connectivity index (χ1v) is 13.8. The highest BCUT2D eigenvalue weighted by molar-refractivity contribution is 5.75. The number of likely N-dealkylation sites (tertiary alicyclic amines) is 1. The van der Waals surface area contributed by atoms with Crippen molar-refractivity contribution in [1.82, 2.24) is 14.5 Å². The van der Waals surface area contributed by atoms with Crippen LogP contribution in [0, 0.1) is 0 Å². The average Bonchev–Trinajstić information content (AvgIpc) is 3.33. The van der Waals surface area contributed by atoms with Crippen LogP contribution in [0.5, 0.6) is 0 Å². The highest BCUT2D eigenvalue weighted by Crippen LogP contribution is 2.38. The molecule has 1 aromatic heterocycles. The van der Waals surface area contributed by atoms with Crippen molar-refractivity contribution in [2.45, 2.75) is 57.0 Å². The summed E-state index contributed by atoms with van der Waals surface area (Å²) in [5.74, 6) is 0. The van der Waals surface area contributed by atoms with Crippen LogP contribution in [-0.4, -0.2) is 45.3 Å². The van der Waals surface area contributed by atoms with Crippen molar-refractivity contribution in [2.24, 2.45) is 5.73 Å². The summed E-state index contributed by atoms with van der Waals surface area (Å²) in [6, 6.07) is 24.2. The number of aliphatic hydroxyl groups excluding tert-OH is 1. The molecule has 0 amide bonds. The number of nitrogens with two attached hydrogens (primary N) is 1. The lowest BCUT2D eigenvalue weighted by molar-refractivity contribution is -0.253. The zero-order chi connectivity index (χ0) is 26.8. The Morgan fingerprint density at radius 2 is 1.59 bits per heavy atom. The van der Waals surface area contributed by atoms with Gasteiger partial charge in [0.15, 0.2) is 6.29 Å². The van der Waals surface area contributed by atoms with E-state index in [1.165, 1.54) is 0 Å². The van der Waals surface area contributed by atoms with Crippen LogP contribution in [0.1, 0.15) is 60.0 Å². The van der Waals surface area contributed by atoms with Gasteiger partial charge in [-0.1, -0.05) is 60.7 Å².